The minimum atomic E-state index is -4.07. The lowest BCUT2D eigenvalue weighted by Gasteiger charge is -2.08. The van der Waals surface area contributed by atoms with Crippen molar-refractivity contribution in [3.8, 4) is 5.75 Å². The molecule has 0 radical (unpaired) electrons. The molecule has 0 aromatic heterocycles. The van der Waals surface area contributed by atoms with Gasteiger partial charge in [0, 0.05) is 17.3 Å². The summed E-state index contributed by atoms with van der Waals surface area (Å²) in [7, 11) is -7.75. The molecule has 0 bridgehead atoms. The summed E-state index contributed by atoms with van der Waals surface area (Å²) in [5, 5.41) is 8.57. The van der Waals surface area contributed by atoms with Crippen molar-refractivity contribution in [1.29, 1.82) is 0 Å². The molecule has 0 aliphatic carbocycles. The minimum absolute atomic E-state index is 0.127. The molecule has 0 amide bonds. The van der Waals surface area contributed by atoms with Crippen LogP contribution in [0.2, 0.25) is 5.02 Å². The van der Waals surface area contributed by atoms with E-state index in [4.69, 9.17) is 11.6 Å². The van der Waals surface area contributed by atoms with Crippen LogP contribution in [0.3, 0.4) is 0 Å². The molecular weight excluding hydrogens is 290 g/mol. The van der Waals surface area contributed by atoms with Crippen LogP contribution in [0.5, 0.6) is 5.75 Å². The number of phenolic OH excluding ortho intramolecular Hbond substituents is 1. The Morgan fingerprint density at radius 1 is 1.29 bits per heavy atom. The molecule has 0 atom stereocenters. The number of anilines is 1. The van der Waals surface area contributed by atoms with Crippen LogP contribution in [-0.4, -0.2) is 33.3 Å². The van der Waals surface area contributed by atoms with Crippen molar-refractivity contribution in [3.63, 3.8) is 0 Å². The highest BCUT2D eigenvalue weighted by atomic mass is 35.5. The molecule has 0 fully saturated rings. The largest absolute Gasteiger partial charge is 0.506 e. The van der Waals surface area contributed by atoms with Crippen LogP contribution < -0.4 is 4.72 Å². The third-order valence-electron chi connectivity index (χ3n) is 1.59. The van der Waals surface area contributed by atoms with E-state index in [1.807, 2.05) is 4.72 Å². The predicted octanol–water partition coefficient (Wildman–Crippen LogP) is 0.789. The number of hydrogen-bond donors (Lipinski definition) is 2. The van der Waals surface area contributed by atoms with Crippen LogP contribution in [0.15, 0.2) is 18.2 Å². The highest BCUT2D eigenvalue weighted by Crippen LogP contribution is 2.27. The molecule has 1 aromatic carbocycles. The summed E-state index contributed by atoms with van der Waals surface area (Å²) in [4.78, 5) is 0. The number of aromatic hydroxyl groups is 1. The van der Waals surface area contributed by atoms with Crippen molar-refractivity contribution in [3.05, 3.63) is 23.2 Å². The van der Waals surface area contributed by atoms with Gasteiger partial charge in [-0.25, -0.2) is 16.8 Å². The van der Waals surface area contributed by atoms with Crippen LogP contribution in [0, 0.1) is 0 Å². The minimum Gasteiger partial charge on any atom is -0.506 e. The molecule has 0 heterocycles. The third-order valence-corrected chi connectivity index (χ3v) is 5.31. The first kappa shape index (κ1) is 14.1. The average molecular weight is 300 g/mol. The summed E-state index contributed by atoms with van der Waals surface area (Å²) in [6.45, 7) is 0. The lowest BCUT2D eigenvalue weighted by atomic mass is 10.3. The van der Waals surface area contributed by atoms with Crippen LogP contribution in [0.1, 0.15) is 0 Å². The zero-order valence-electron chi connectivity index (χ0n) is 8.71. The topological polar surface area (TPSA) is 101 Å². The lowest BCUT2D eigenvalue weighted by Crippen LogP contribution is -2.22. The second kappa shape index (κ2) is 4.71. The van der Waals surface area contributed by atoms with Gasteiger partial charge in [0.05, 0.1) is 5.69 Å². The van der Waals surface area contributed by atoms with Gasteiger partial charge in [0.25, 0.3) is 0 Å². The SMILES string of the molecule is CS(=O)(=O)CS(=O)(=O)Nc1ccc(Cl)cc1O. The lowest BCUT2D eigenvalue weighted by molar-refractivity contribution is 0.477. The fraction of sp³-hybridized carbons (Fsp3) is 0.250. The quantitative estimate of drug-likeness (QED) is 0.801. The van der Waals surface area contributed by atoms with Gasteiger partial charge in [0.1, 0.15) is 5.75 Å². The van der Waals surface area contributed by atoms with Gasteiger partial charge in [-0.2, -0.15) is 0 Å². The Bertz CT molecular complexity index is 623. The molecule has 9 heteroatoms. The Hall–Kier alpha value is -0.990. The van der Waals surface area contributed by atoms with Gasteiger partial charge in [0.15, 0.2) is 14.9 Å². The van der Waals surface area contributed by atoms with Gasteiger partial charge in [0.2, 0.25) is 10.0 Å². The third kappa shape index (κ3) is 4.80. The molecule has 1 rings (SSSR count). The van der Waals surface area contributed by atoms with E-state index in [2.05, 4.69) is 0 Å². The summed E-state index contributed by atoms with van der Waals surface area (Å²) in [6.07, 6.45) is 0.800. The Kier molecular flexibility index (Phi) is 3.90. The van der Waals surface area contributed by atoms with Crippen molar-refractivity contribution in [2.45, 2.75) is 0 Å². The van der Waals surface area contributed by atoms with Crippen molar-refractivity contribution in [1.82, 2.24) is 0 Å². The van der Waals surface area contributed by atoms with Crippen LogP contribution in [0.4, 0.5) is 5.69 Å². The molecule has 96 valence electrons. The van der Waals surface area contributed by atoms with Gasteiger partial charge in [-0.05, 0) is 12.1 Å². The van der Waals surface area contributed by atoms with E-state index in [9.17, 15) is 21.9 Å². The van der Waals surface area contributed by atoms with Crippen molar-refractivity contribution in [2.75, 3.05) is 16.1 Å². The van der Waals surface area contributed by atoms with Gasteiger partial charge >= 0.3 is 0 Å². The fourth-order valence-corrected chi connectivity index (χ4v) is 4.23. The molecule has 0 aliphatic heterocycles. The second-order valence-corrected chi connectivity index (χ2v) is 8.09. The van der Waals surface area contributed by atoms with E-state index in [0.717, 1.165) is 12.3 Å². The van der Waals surface area contributed by atoms with E-state index in [-0.39, 0.29) is 16.5 Å². The standard InChI is InChI=1S/C8H10ClNO5S2/c1-16(12,13)5-17(14,15)10-7-3-2-6(9)4-8(7)11/h2-4,10-11H,5H2,1H3. The molecule has 0 unspecified atom stereocenters. The number of sulfonamides is 1. The summed E-state index contributed by atoms with van der Waals surface area (Å²) in [5.74, 6) is -0.380. The second-order valence-electron chi connectivity index (χ2n) is 3.42. The normalized spacial score (nSPS) is 12.4. The predicted molar refractivity (Wildman–Crippen MR) is 65.4 cm³/mol. The maximum atomic E-state index is 11.4. The van der Waals surface area contributed by atoms with E-state index < -0.39 is 24.9 Å². The molecular formula is C8H10ClNO5S2. The van der Waals surface area contributed by atoms with Crippen LogP contribution in [-0.2, 0) is 19.9 Å². The Balaban J connectivity index is 2.99. The Morgan fingerprint density at radius 2 is 1.88 bits per heavy atom. The summed E-state index contributed by atoms with van der Waals surface area (Å²) in [5.41, 5.74) is -0.127. The average Bonchev–Trinajstić information content (AvgIpc) is 2.05. The molecule has 1 aromatic rings. The molecule has 17 heavy (non-hydrogen) atoms. The zero-order chi connectivity index (χ0) is 13.3. The van der Waals surface area contributed by atoms with Crippen LogP contribution >= 0.6 is 11.6 Å². The molecule has 2 N–H and O–H groups in total. The molecule has 0 saturated heterocycles. The Labute approximate surface area is 104 Å². The molecule has 6 nitrogen and oxygen atoms in total. The smallest absolute Gasteiger partial charge is 0.247 e. The number of phenols is 1. The monoisotopic (exact) mass is 299 g/mol. The van der Waals surface area contributed by atoms with Gasteiger partial charge in [-0.15, -0.1) is 0 Å². The summed E-state index contributed by atoms with van der Waals surface area (Å²) < 4.78 is 46.5. The molecule has 0 spiro atoms. The van der Waals surface area contributed by atoms with Crippen molar-refractivity contribution in [2.24, 2.45) is 0 Å². The number of benzene rings is 1. The van der Waals surface area contributed by atoms with Crippen LogP contribution in [0.25, 0.3) is 0 Å². The van der Waals surface area contributed by atoms with Crippen molar-refractivity contribution < 1.29 is 21.9 Å². The van der Waals surface area contributed by atoms with Gasteiger partial charge in [-0.1, -0.05) is 11.6 Å². The number of hydrogen-bond acceptors (Lipinski definition) is 5. The highest BCUT2D eigenvalue weighted by Gasteiger charge is 2.19. The maximum Gasteiger partial charge on any atom is 0.247 e. The number of halogens is 1. The van der Waals surface area contributed by atoms with E-state index >= 15 is 0 Å². The first-order chi connectivity index (χ1) is 7.59. The van der Waals surface area contributed by atoms with Crippen molar-refractivity contribution >= 4 is 37.1 Å². The first-order valence-corrected chi connectivity index (χ1v) is 8.35. The number of nitrogens with one attached hydrogen (secondary N) is 1. The highest BCUT2D eigenvalue weighted by molar-refractivity contribution is 8.08. The summed E-state index contributed by atoms with van der Waals surface area (Å²) in [6, 6.07) is 3.73. The Morgan fingerprint density at radius 3 is 2.35 bits per heavy atom. The zero-order valence-corrected chi connectivity index (χ0v) is 11.1. The fourth-order valence-electron chi connectivity index (χ4n) is 1.07. The van der Waals surface area contributed by atoms with E-state index in [1.165, 1.54) is 12.1 Å². The molecule has 0 saturated carbocycles. The van der Waals surface area contributed by atoms with Gasteiger partial charge in [-0.3, -0.25) is 4.72 Å². The first-order valence-electron chi connectivity index (χ1n) is 4.26. The van der Waals surface area contributed by atoms with E-state index in [0.29, 0.717) is 0 Å². The number of rotatable bonds is 4. The summed E-state index contributed by atoms with van der Waals surface area (Å²) >= 11 is 5.56. The van der Waals surface area contributed by atoms with Gasteiger partial charge < -0.3 is 5.11 Å². The van der Waals surface area contributed by atoms with E-state index in [1.54, 1.807) is 0 Å². The maximum absolute atomic E-state index is 11.4. The number of sulfone groups is 1. The molecule has 0 aliphatic rings.